The van der Waals surface area contributed by atoms with Crippen LogP contribution in [-0.2, 0) is 11.3 Å². The summed E-state index contributed by atoms with van der Waals surface area (Å²) >= 11 is 0. The third kappa shape index (κ3) is 5.30. The minimum absolute atomic E-state index is 0.277. The predicted octanol–water partition coefficient (Wildman–Crippen LogP) is 1.82. The van der Waals surface area contributed by atoms with Gasteiger partial charge in [0, 0.05) is 24.8 Å². The summed E-state index contributed by atoms with van der Waals surface area (Å²) in [5, 5.41) is 6.98. The van der Waals surface area contributed by atoms with E-state index in [0.29, 0.717) is 6.54 Å². The molecule has 0 aliphatic rings. The molecule has 1 rings (SSSR count). The number of carbonyl (C=O) groups excluding carboxylic acids is 1. The number of nitrogens with two attached hydrogens (primary N) is 1. The number of aryl methyl sites for hydroxylation is 1. The van der Waals surface area contributed by atoms with Gasteiger partial charge in [0.1, 0.15) is 5.60 Å². The first-order valence-electron chi connectivity index (χ1n) is 6.57. The first kappa shape index (κ1) is 15.5. The first-order chi connectivity index (χ1) is 8.85. The second kappa shape index (κ2) is 6.56. The normalized spacial score (nSPS) is 13.1. The highest BCUT2D eigenvalue weighted by atomic mass is 16.6. The molecule has 6 heteroatoms. The Balaban J connectivity index is 2.64. The molecule has 3 N–H and O–H groups in total. The van der Waals surface area contributed by atoms with Gasteiger partial charge in [-0.25, -0.2) is 4.79 Å². The first-order valence-corrected chi connectivity index (χ1v) is 6.57. The lowest BCUT2D eigenvalue weighted by Gasteiger charge is -2.22. The molecule has 1 heterocycles. The smallest absolute Gasteiger partial charge is 0.408 e. The van der Waals surface area contributed by atoms with Crippen LogP contribution in [-0.4, -0.2) is 28.0 Å². The molecule has 0 bridgehead atoms. The number of alkyl carbamates (subject to hydrolysis) is 1. The number of nitrogens with one attached hydrogen (secondary N) is 1. The van der Waals surface area contributed by atoms with Crippen LogP contribution in [0.1, 0.15) is 45.7 Å². The highest BCUT2D eigenvalue weighted by Gasteiger charge is 2.20. The molecule has 0 aromatic carbocycles. The monoisotopic (exact) mass is 268 g/mol. The molecule has 1 aromatic rings. The van der Waals surface area contributed by atoms with Gasteiger partial charge in [0.25, 0.3) is 0 Å². The third-order valence-corrected chi connectivity index (χ3v) is 2.43. The highest BCUT2D eigenvalue weighted by Crippen LogP contribution is 2.13. The van der Waals surface area contributed by atoms with Gasteiger partial charge < -0.3 is 15.8 Å². The Kier molecular flexibility index (Phi) is 5.35. The SMILES string of the molecule is CCCn1cc(C(CN)NC(=O)OC(C)(C)C)cn1. The van der Waals surface area contributed by atoms with Crippen LogP contribution in [0, 0.1) is 0 Å². The molecule has 6 nitrogen and oxygen atoms in total. The van der Waals surface area contributed by atoms with Crippen molar-refractivity contribution in [2.75, 3.05) is 6.54 Å². The number of rotatable bonds is 5. The zero-order valence-electron chi connectivity index (χ0n) is 12.1. The van der Waals surface area contributed by atoms with E-state index < -0.39 is 11.7 Å². The Morgan fingerprint density at radius 3 is 2.79 bits per heavy atom. The molecular weight excluding hydrogens is 244 g/mol. The molecular formula is C13H24N4O2. The van der Waals surface area contributed by atoms with Crippen LogP contribution in [0.3, 0.4) is 0 Å². The van der Waals surface area contributed by atoms with E-state index in [1.54, 1.807) is 6.20 Å². The van der Waals surface area contributed by atoms with Gasteiger partial charge >= 0.3 is 6.09 Å². The van der Waals surface area contributed by atoms with Gasteiger partial charge in [0.15, 0.2) is 0 Å². The summed E-state index contributed by atoms with van der Waals surface area (Å²) in [5.74, 6) is 0. The number of nitrogens with zero attached hydrogens (tertiary/aromatic N) is 2. The number of hydrogen-bond donors (Lipinski definition) is 2. The third-order valence-electron chi connectivity index (χ3n) is 2.43. The quantitative estimate of drug-likeness (QED) is 0.853. The van der Waals surface area contributed by atoms with E-state index in [1.807, 2.05) is 31.6 Å². The van der Waals surface area contributed by atoms with E-state index in [2.05, 4.69) is 17.3 Å². The summed E-state index contributed by atoms with van der Waals surface area (Å²) in [5.41, 5.74) is 6.07. The topological polar surface area (TPSA) is 82.2 Å². The molecule has 0 saturated carbocycles. The molecule has 0 aliphatic heterocycles. The van der Waals surface area contributed by atoms with Crippen molar-refractivity contribution in [2.24, 2.45) is 5.73 Å². The summed E-state index contributed by atoms with van der Waals surface area (Å²) in [6, 6.07) is -0.277. The van der Waals surface area contributed by atoms with Crippen molar-refractivity contribution in [3.05, 3.63) is 18.0 Å². The minimum Gasteiger partial charge on any atom is -0.444 e. The van der Waals surface area contributed by atoms with E-state index >= 15 is 0 Å². The summed E-state index contributed by atoms with van der Waals surface area (Å²) in [6.45, 7) is 8.71. The molecule has 1 unspecified atom stereocenters. The molecule has 19 heavy (non-hydrogen) atoms. The standard InChI is InChI=1S/C13H24N4O2/c1-5-6-17-9-10(8-15-17)11(7-14)16-12(18)19-13(2,3)4/h8-9,11H,5-7,14H2,1-4H3,(H,16,18). The van der Waals surface area contributed by atoms with E-state index in [-0.39, 0.29) is 6.04 Å². The van der Waals surface area contributed by atoms with Crippen LogP contribution in [0.15, 0.2) is 12.4 Å². The van der Waals surface area contributed by atoms with Gasteiger partial charge in [-0.1, -0.05) is 6.92 Å². The van der Waals surface area contributed by atoms with Crippen molar-refractivity contribution in [1.82, 2.24) is 15.1 Å². The van der Waals surface area contributed by atoms with Crippen molar-refractivity contribution in [2.45, 2.75) is 52.3 Å². The van der Waals surface area contributed by atoms with Crippen molar-refractivity contribution >= 4 is 6.09 Å². The molecule has 0 aliphatic carbocycles. The van der Waals surface area contributed by atoms with Crippen molar-refractivity contribution < 1.29 is 9.53 Å². The second-order valence-electron chi connectivity index (χ2n) is 5.47. The largest absolute Gasteiger partial charge is 0.444 e. The number of amides is 1. The minimum atomic E-state index is -0.518. The lowest BCUT2D eigenvalue weighted by molar-refractivity contribution is 0.0505. The molecule has 1 atom stereocenters. The van der Waals surface area contributed by atoms with Crippen molar-refractivity contribution in [3.63, 3.8) is 0 Å². The second-order valence-corrected chi connectivity index (χ2v) is 5.47. The predicted molar refractivity (Wildman–Crippen MR) is 73.7 cm³/mol. The van der Waals surface area contributed by atoms with Crippen molar-refractivity contribution in [3.8, 4) is 0 Å². The number of hydrogen-bond acceptors (Lipinski definition) is 4. The fourth-order valence-electron chi connectivity index (χ4n) is 1.64. The van der Waals surface area contributed by atoms with Crippen LogP contribution in [0.2, 0.25) is 0 Å². The fraction of sp³-hybridized carbons (Fsp3) is 0.692. The van der Waals surface area contributed by atoms with E-state index in [4.69, 9.17) is 10.5 Å². The average Bonchev–Trinajstić information content (AvgIpc) is 2.72. The molecule has 0 spiro atoms. The maximum Gasteiger partial charge on any atom is 0.408 e. The Bertz CT molecular complexity index is 409. The van der Waals surface area contributed by atoms with Crippen LogP contribution in [0.4, 0.5) is 4.79 Å². The summed E-state index contributed by atoms with van der Waals surface area (Å²) in [7, 11) is 0. The van der Waals surface area contributed by atoms with E-state index in [0.717, 1.165) is 18.5 Å². The van der Waals surface area contributed by atoms with E-state index in [9.17, 15) is 4.79 Å². The maximum atomic E-state index is 11.7. The summed E-state index contributed by atoms with van der Waals surface area (Å²) < 4.78 is 7.06. The van der Waals surface area contributed by atoms with Gasteiger partial charge in [-0.15, -0.1) is 0 Å². The summed E-state index contributed by atoms with van der Waals surface area (Å²) in [6.07, 6.45) is 4.17. The fourth-order valence-corrected chi connectivity index (χ4v) is 1.64. The molecule has 108 valence electrons. The molecule has 0 saturated heterocycles. The van der Waals surface area contributed by atoms with Crippen LogP contribution < -0.4 is 11.1 Å². The Labute approximate surface area is 114 Å². The van der Waals surface area contributed by atoms with E-state index in [1.165, 1.54) is 0 Å². The van der Waals surface area contributed by atoms with Gasteiger partial charge in [-0.3, -0.25) is 4.68 Å². The molecule has 0 fully saturated rings. The Morgan fingerprint density at radius 2 is 2.26 bits per heavy atom. The molecule has 1 amide bonds. The van der Waals surface area contributed by atoms with Crippen molar-refractivity contribution in [1.29, 1.82) is 0 Å². The number of carbonyl (C=O) groups is 1. The van der Waals surface area contributed by atoms with Gasteiger partial charge in [-0.2, -0.15) is 5.10 Å². The number of ether oxygens (including phenoxy) is 1. The maximum absolute atomic E-state index is 11.7. The zero-order chi connectivity index (χ0) is 14.5. The lowest BCUT2D eigenvalue weighted by atomic mass is 10.1. The Morgan fingerprint density at radius 1 is 1.58 bits per heavy atom. The lowest BCUT2D eigenvalue weighted by Crippen LogP contribution is -2.37. The Hall–Kier alpha value is -1.56. The number of aromatic nitrogens is 2. The van der Waals surface area contributed by atoms with Crippen LogP contribution in [0.25, 0.3) is 0 Å². The summed E-state index contributed by atoms with van der Waals surface area (Å²) in [4.78, 5) is 11.7. The van der Waals surface area contributed by atoms with Gasteiger partial charge in [-0.05, 0) is 27.2 Å². The molecule has 0 radical (unpaired) electrons. The van der Waals surface area contributed by atoms with Gasteiger partial charge in [0.05, 0.1) is 12.2 Å². The van der Waals surface area contributed by atoms with Crippen LogP contribution in [0.5, 0.6) is 0 Å². The van der Waals surface area contributed by atoms with Gasteiger partial charge in [0.2, 0.25) is 0 Å². The average molecular weight is 268 g/mol. The highest BCUT2D eigenvalue weighted by molar-refractivity contribution is 5.68. The molecule has 1 aromatic heterocycles. The zero-order valence-corrected chi connectivity index (χ0v) is 12.1. The van der Waals surface area contributed by atoms with Crippen LogP contribution >= 0.6 is 0 Å².